The molecule has 0 saturated carbocycles. The Balaban J connectivity index is 1.97. The molecule has 0 aliphatic heterocycles. The van der Waals surface area contributed by atoms with E-state index in [4.69, 9.17) is 9.47 Å². The normalized spacial score (nSPS) is 10.2. The number of rotatable bonds is 8. The molecule has 0 bridgehead atoms. The second-order valence-electron chi connectivity index (χ2n) is 5.37. The van der Waals surface area contributed by atoms with Crippen LogP contribution in [0.3, 0.4) is 0 Å². The van der Waals surface area contributed by atoms with E-state index in [-0.39, 0.29) is 18.0 Å². The highest BCUT2D eigenvalue weighted by Crippen LogP contribution is 2.28. The molecule has 1 amide bonds. The van der Waals surface area contributed by atoms with Crippen LogP contribution in [-0.2, 0) is 11.2 Å². The first-order valence-corrected chi connectivity index (χ1v) is 7.87. The molecule has 2 rings (SSSR count). The van der Waals surface area contributed by atoms with Crippen LogP contribution in [0, 0.1) is 10.1 Å². The molecule has 25 heavy (non-hydrogen) atoms. The molecule has 2 aromatic rings. The minimum absolute atomic E-state index is 0.136. The number of aryl methyl sites for hydroxylation is 1. The number of nitrogens with zero attached hydrogens (tertiary/aromatic N) is 1. The number of amides is 1. The summed E-state index contributed by atoms with van der Waals surface area (Å²) in [5.74, 6) is 0.486. The molecular weight excluding hydrogens is 324 g/mol. The van der Waals surface area contributed by atoms with Crippen LogP contribution in [0.25, 0.3) is 0 Å². The van der Waals surface area contributed by atoms with Crippen LogP contribution >= 0.6 is 0 Å². The Morgan fingerprint density at radius 2 is 1.92 bits per heavy atom. The molecule has 0 radical (unpaired) electrons. The first kappa shape index (κ1) is 18.3. The van der Waals surface area contributed by atoms with E-state index in [0.29, 0.717) is 11.5 Å². The number of methoxy groups -OCH3 is 1. The van der Waals surface area contributed by atoms with Crippen molar-refractivity contribution in [1.82, 2.24) is 0 Å². The predicted octanol–water partition coefficient (Wildman–Crippen LogP) is 3.57. The summed E-state index contributed by atoms with van der Waals surface area (Å²) in [5.41, 5.74) is 1.30. The molecule has 132 valence electrons. The number of benzene rings is 2. The second-order valence-corrected chi connectivity index (χ2v) is 5.37. The van der Waals surface area contributed by atoms with Crippen LogP contribution in [-0.4, -0.2) is 24.5 Å². The van der Waals surface area contributed by atoms with Gasteiger partial charge < -0.3 is 14.8 Å². The summed E-state index contributed by atoms with van der Waals surface area (Å²) in [7, 11) is 1.42. The summed E-state index contributed by atoms with van der Waals surface area (Å²) < 4.78 is 10.5. The molecule has 1 N–H and O–H groups in total. The molecule has 0 saturated heterocycles. The van der Waals surface area contributed by atoms with Crippen LogP contribution < -0.4 is 14.8 Å². The number of carbonyl (C=O) groups is 1. The maximum absolute atomic E-state index is 12.0. The molecule has 0 fully saturated rings. The molecule has 0 unspecified atom stereocenters. The number of hydrogen-bond acceptors (Lipinski definition) is 5. The second kappa shape index (κ2) is 8.68. The number of nitro groups is 1. The van der Waals surface area contributed by atoms with E-state index in [1.165, 1.54) is 30.9 Å². The Bertz CT molecular complexity index is 744. The highest BCUT2D eigenvalue weighted by atomic mass is 16.6. The molecule has 0 spiro atoms. The molecule has 7 heteroatoms. The van der Waals surface area contributed by atoms with Crippen molar-refractivity contribution in [1.29, 1.82) is 0 Å². The summed E-state index contributed by atoms with van der Waals surface area (Å²) in [6, 6.07) is 11.5. The Labute approximate surface area is 145 Å². The van der Waals surface area contributed by atoms with Crippen molar-refractivity contribution in [2.75, 3.05) is 19.0 Å². The van der Waals surface area contributed by atoms with Gasteiger partial charge in [0.25, 0.3) is 11.6 Å². The number of ether oxygens (including phenoxy) is 2. The van der Waals surface area contributed by atoms with Gasteiger partial charge in [0, 0.05) is 12.1 Å². The van der Waals surface area contributed by atoms with Crippen LogP contribution in [0.4, 0.5) is 11.4 Å². The van der Waals surface area contributed by atoms with Crippen LogP contribution in [0.2, 0.25) is 0 Å². The monoisotopic (exact) mass is 344 g/mol. The zero-order valence-electron chi connectivity index (χ0n) is 14.2. The maximum Gasteiger partial charge on any atom is 0.271 e. The van der Waals surface area contributed by atoms with Crippen molar-refractivity contribution in [2.24, 2.45) is 0 Å². The van der Waals surface area contributed by atoms with Gasteiger partial charge in [-0.3, -0.25) is 14.9 Å². The standard InChI is InChI=1S/C18H20N2O5/c1-3-4-13-5-8-15(9-6-13)25-12-18(21)19-16-11-14(20(22)23)7-10-17(16)24-2/h5-11H,3-4,12H2,1-2H3,(H,19,21). The van der Waals surface area contributed by atoms with Gasteiger partial charge in [-0.15, -0.1) is 0 Å². The van der Waals surface area contributed by atoms with Crippen LogP contribution in [0.15, 0.2) is 42.5 Å². The fraction of sp³-hybridized carbons (Fsp3) is 0.278. The van der Waals surface area contributed by atoms with Gasteiger partial charge in [0.2, 0.25) is 0 Å². The minimum atomic E-state index is -0.538. The van der Waals surface area contributed by atoms with Crippen LogP contribution in [0.5, 0.6) is 11.5 Å². The molecule has 2 aromatic carbocycles. The highest BCUT2D eigenvalue weighted by Gasteiger charge is 2.14. The van der Waals surface area contributed by atoms with Crippen LogP contribution in [0.1, 0.15) is 18.9 Å². The molecule has 7 nitrogen and oxygen atoms in total. The van der Waals surface area contributed by atoms with Gasteiger partial charge in [-0.25, -0.2) is 0 Å². The summed E-state index contributed by atoms with van der Waals surface area (Å²) in [5, 5.41) is 13.4. The first-order chi connectivity index (χ1) is 12.0. The summed E-state index contributed by atoms with van der Waals surface area (Å²) in [6.45, 7) is 1.90. The van der Waals surface area contributed by atoms with E-state index in [2.05, 4.69) is 12.2 Å². The van der Waals surface area contributed by atoms with E-state index in [9.17, 15) is 14.9 Å². The van der Waals surface area contributed by atoms with Crippen molar-refractivity contribution in [3.05, 3.63) is 58.1 Å². The largest absolute Gasteiger partial charge is 0.495 e. The third-order valence-electron chi connectivity index (χ3n) is 3.50. The van der Waals surface area contributed by atoms with Crippen molar-refractivity contribution in [3.8, 4) is 11.5 Å². The fourth-order valence-electron chi connectivity index (χ4n) is 2.28. The van der Waals surface area contributed by atoms with Crippen molar-refractivity contribution < 1.29 is 19.2 Å². The van der Waals surface area contributed by atoms with Gasteiger partial charge >= 0.3 is 0 Å². The van der Waals surface area contributed by atoms with Gasteiger partial charge in [-0.2, -0.15) is 0 Å². The lowest BCUT2D eigenvalue weighted by molar-refractivity contribution is -0.384. The number of nitrogens with one attached hydrogen (secondary N) is 1. The number of non-ortho nitro benzene ring substituents is 1. The smallest absolute Gasteiger partial charge is 0.271 e. The van der Waals surface area contributed by atoms with E-state index in [0.717, 1.165) is 12.8 Å². The van der Waals surface area contributed by atoms with E-state index < -0.39 is 10.8 Å². The lowest BCUT2D eigenvalue weighted by Crippen LogP contribution is -2.20. The van der Waals surface area contributed by atoms with Gasteiger partial charge in [0.1, 0.15) is 11.5 Å². The Kier molecular flexibility index (Phi) is 6.33. The average Bonchev–Trinajstić information content (AvgIpc) is 2.61. The summed E-state index contributed by atoms with van der Waals surface area (Å²) in [4.78, 5) is 22.4. The minimum Gasteiger partial charge on any atom is -0.495 e. The molecule has 0 aliphatic carbocycles. The molecule has 0 aromatic heterocycles. The summed E-state index contributed by atoms with van der Waals surface area (Å²) in [6.07, 6.45) is 2.06. The number of nitro benzene ring substituents is 1. The first-order valence-electron chi connectivity index (χ1n) is 7.87. The third-order valence-corrected chi connectivity index (χ3v) is 3.50. The van der Waals surface area contributed by atoms with Crippen molar-refractivity contribution >= 4 is 17.3 Å². The van der Waals surface area contributed by atoms with E-state index in [1.54, 1.807) is 0 Å². The number of hydrogen-bond donors (Lipinski definition) is 1. The highest BCUT2D eigenvalue weighted by molar-refractivity contribution is 5.93. The zero-order chi connectivity index (χ0) is 18.2. The Morgan fingerprint density at radius 3 is 2.52 bits per heavy atom. The van der Waals surface area contributed by atoms with E-state index >= 15 is 0 Å². The molecule has 0 aliphatic rings. The average molecular weight is 344 g/mol. The topological polar surface area (TPSA) is 90.7 Å². The molecule has 0 heterocycles. The Morgan fingerprint density at radius 1 is 1.20 bits per heavy atom. The quantitative estimate of drug-likeness (QED) is 0.584. The predicted molar refractivity (Wildman–Crippen MR) is 94.2 cm³/mol. The van der Waals surface area contributed by atoms with Crippen molar-refractivity contribution in [3.63, 3.8) is 0 Å². The molecule has 0 atom stereocenters. The lowest BCUT2D eigenvalue weighted by atomic mass is 10.1. The van der Waals surface area contributed by atoms with E-state index in [1.807, 2.05) is 24.3 Å². The molecular formula is C18H20N2O5. The maximum atomic E-state index is 12.0. The zero-order valence-corrected chi connectivity index (χ0v) is 14.2. The lowest BCUT2D eigenvalue weighted by Gasteiger charge is -2.11. The SMILES string of the molecule is CCCc1ccc(OCC(=O)Nc2cc([N+](=O)[O-])ccc2OC)cc1. The third kappa shape index (κ3) is 5.20. The number of carbonyl (C=O) groups excluding carboxylic acids is 1. The van der Waals surface area contributed by atoms with Gasteiger partial charge in [0.05, 0.1) is 17.7 Å². The fourth-order valence-corrected chi connectivity index (χ4v) is 2.28. The van der Waals surface area contributed by atoms with Gasteiger partial charge in [-0.1, -0.05) is 25.5 Å². The summed E-state index contributed by atoms with van der Waals surface area (Å²) >= 11 is 0. The van der Waals surface area contributed by atoms with Gasteiger partial charge in [-0.05, 0) is 30.2 Å². The Hall–Kier alpha value is -3.09. The van der Waals surface area contributed by atoms with Crippen molar-refractivity contribution in [2.45, 2.75) is 19.8 Å². The number of anilines is 1. The van der Waals surface area contributed by atoms with Gasteiger partial charge in [0.15, 0.2) is 6.61 Å².